The maximum atomic E-state index is 3.59. The van der Waals surface area contributed by atoms with Gasteiger partial charge in [0.05, 0.1) is 0 Å². The Bertz CT molecular complexity index is 578. The van der Waals surface area contributed by atoms with E-state index in [0.717, 1.165) is 15.5 Å². The molecule has 0 aliphatic rings. The van der Waals surface area contributed by atoms with Crippen LogP contribution in [0.5, 0.6) is 0 Å². The molecule has 0 saturated carbocycles. The van der Waals surface area contributed by atoms with Crippen LogP contribution in [-0.2, 0) is 6.54 Å². The van der Waals surface area contributed by atoms with Crippen LogP contribution in [0.4, 0.5) is 0 Å². The Morgan fingerprint density at radius 3 is 2.47 bits per heavy atom. The molecule has 2 aromatic rings. The van der Waals surface area contributed by atoms with Gasteiger partial charge in [0.15, 0.2) is 0 Å². The Morgan fingerprint density at radius 2 is 1.89 bits per heavy atom. The Hall–Kier alpha value is -0.160. The highest BCUT2D eigenvalue weighted by Gasteiger charge is 2.10. The number of aryl methyl sites for hydroxylation is 2. The minimum absolute atomic E-state index is 0.382. The van der Waals surface area contributed by atoms with Crippen molar-refractivity contribution in [1.82, 2.24) is 5.32 Å². The van der Waals surface area contributed by atoms with Crippen molar-refractivity contribution in [3.05, 3.63) is 54.1 Å². The number of rotatable bonds is 4. The lowest BCUT2D eigenvalue weighted by molar-refractivity contribution is 0.574. The second-order valence-corrected chi connectivity index (χ2v) is 7.89. The van der Waals surface area contributed by atoms with Crippen LogP contribution in [0, 0.1) is 13.8 Å². The summed E-state index contributed by atoms with van der Waals surface area (Å²) in [7, 11) is 0. The Morgan fingerprint density at radius 1 is 1.16 bits per heavy atom. The molecule has 0 aliphatic carbocycles. The van der Waals surface area contributed by atoms with Crippen molar-refractivity contribution < 1.29 is 0 Å². The summed E-state index contributed by atoms with van der Waals surface area (Å²) in [4.78, 5) is 2.79. The molecule has 0 radical (unpaired) electrons. The van der Waals surface area contributed by atoms with E-state index in [1.54, 1.807) is 0 Å². The summed E-state index contributed by atoms with van der Waals surface area (Å²) in [5.41, 5.74) is 2.70. The molecular formula is C15H17Br2NS. The van der Waals surface area contributed by atoms with Gasteiger partial charge in [-0.15, -0.1) is 11.3 Å². The molecule has 1 N–H and O–H groups in total. The van der Waals surface area contributed by atoms with Gasteiger partial charge in [-0.05, 0) is 82.0 Å². The molecule has 2 rings (SSSR count). The maximum Gasteiger partial charge on any atom is 0.0320 e. The van der Waals surface area contributed by atoms with Gasteiger partial charge >= 0.3 is 0 Å². The topological polar surface area (TPSA) is 12.0 Å². The van der Waals surface area contributed by atoms with E-state index in [1.807, 2.05) is 11.3 Å². The largest absolute Gasteiger partial charge is 0.306 e. The van der Waals surface area contributed by atoms with Crippen LogP contribution < -0.4 is 5.32 Å². The zero-order chi connectivity index (χ0) is 14.0. The van der Waals surface area contributed by atoms with Crippen LogP contribution in [0.3, 0.4) is 0 Å². The van der Waals surface area contributed by atoms with Crippen LogP contribution in [0.1, 0.15) is 33.8 Å². The van der Waals surface area contributed by atoms with E-state index in [0.29, 0.717) is 6.04 Å². The van der Waals surface area contributed by atoms with Gasteiger partial charge in [0.2, 0.25) is 0 Å². The minimum Gasteiger partial charge on any atom is -0.306 e. The lowest BCUT2D eigenvalue weighted by Crippen LogP contribution is -2.18. The molecule has 1 heterocycles. The fourth-order valence-corrected chi connectivity index (χ4v) is 3.81. The predicted octanol–water partition coefficient (Wildman–Crippen LogP) is 5.74. The number of halogens is 2. The lowest BCUT2D eigenvalue weighted by atomic mass is 10.1. The highest BCUT2D eigenvalue weighted by Crippen LogP contribution is 2.27. The normalized spacial score (nSPS) is 12.7. The SMILES string of the molecule is Cc1cc(C(C)NCc2ccc(Br)c(Br)c2)c(C)s1. The first-order valence-corrected chi connectivity index (χ1v) is 8.62. The van der Waals surface area contributed by atoms with E-state index in [1.165, 1.54) is 20.9 Å². The number of hydrogen-bond donors (Lipinski definition) is 1. The highest BCUT2D eigenvalue weighted by molar-refractivity contribution is 9.13. The summed E-state index contributed by atoms with van der Waals surface area (Å²) < 4.78 is 2.19. The van der Waals surface area contributed by atoms with Gasteiger partial charge in [-0.3, -0.25) is 0 Å². The van der Waals surface area contributed by atoms with Gasteiger partial charge in [0.25, 0.3) is 0 Å². The monoisotopic (exact) mass is 401 g/mol. The van der Waals surface area contributed by atoms with Crippen molar-refractivity contribution in [3.8, 4) is 0 Å². The molecular weight excluding hydrogens is 386 g/mol. The van der Waals surface area contributed by atoms with Gasteiger partial charge < -0.3 is 5.32 Å². The van der Waals surface area contributed by atoms with Crippen LogP contribution >= 0.6 is 43.2 Å². The molecule has 1 aromatic heterocycles. The van der Waals surface area contributed by atoms with Gasteiger partial charge in [0, 0.05) is 31.3 Å². The third kappa shape index (κ3) is 3.91. The van der Waals surface area contributed by atoms with E-state index in [-0.39, 0.29) is 0 Å². The van der Waals surface area contributed by atoms with Crippen LogP contribution in [0.15, 0.2) is 33.2 Å². The van der Waals surface area contributed by atoms with Crippen LogP contribution in [-0.4, -0.2) is 0 Å². The predicted molar refractivity (Wildman–Crippen MR) is 90.9 cm³/mol. The van der Waals surface area contributed by atoms with E-state index in [4.69, 9.17) is 0 Å². The van der Waals surface area contributed by atoms with Gasteiger partial charge in [-0.1, -0.05) is 6.07 Å². The van der Waals surface area contributed by atoms with Crippen molar-refractivity contribution >= 4 is 43.2 Å². The summed E-state index contributed by atoms with van der Waals surface area (Å²) in [6, 6.07) is 9.03. The number of hydrogen-bond acceptors (Lipinski definition) is 2. The first kappa shape index (κ1) is 15.2. The Kier molecular flexibility index (Phi) is 5.23. The summed E-state index contributed by atoms with van der Waals surface area (Å²) in [6.07, 6.45) is 0. The fourth-order valence-electron chi connectivity index (χ4n) is 2.11. The van der Waals surface area contributed by atoms with Crippen molar-refractivity contribution in [2.24, 2.45) is 0 Å². The average molecular weight is 403 g/mol. The molecule has 4 heteroatoms. The lowest BCUT2D eigenvalue weighted by Gasteiger charge is -2.14. The summed E-state index contributed by atoms with van der Waals surface area (Å²) in [5.74, 6) is 0. The molecule has 1 unspecified atom stereocenters. The molecule has 0 saturated heterocycles. The van der Waals surface area contributed by atoms with Crippen molar-refractivity contribution in [2.45, 2.75) is 33.4 Å². The van der Waals surface area contributed by atoms with Crippen molar-refractivity contribution in [2.75, 3.05) is 0 Å². The Balaban J connectivity index is 2.02. The molecule has 102 valence electrons. The summed E-state index contributed by atoms with van der Waals surface area (Å²) in [6.45, 7) is 7.46. The van der Waals surface area contributed by atoms with Gasteiger partial charge in [0.1, 0.15) is 0 Å². The zero-order valence-corrected chi connectivity index (χ0v) is 15.2. The minimum atomic E-state index is 0.382. The molecule has 0 fully saturated rings. The number of nitrogens with one attached hydrogen (secondary N) is 1. The third-order valence-electron chi connectivity index (χ3n) is 3.14. The summed E-state index contributed by atoms with van der Waals surface area (Å²) >= 11 is 8.90. The molecule has 0 bridgehead atoms. The van der Waals surface area contributed by atoms with Gasteiger partial charge in [-0.2, -0.15) is 0 Å². The first-order chi connectivity index (χ1) is 8.97. The molecule has 1 nitrogen and oxygen atoms in total. The van der Waals surface area contributed by atoms with Gasteiger partial charge in [-0.25, -0.2) is 0 Å². The average Bonchev–Trinajstić information content (AvgIpc) is 2.70. The molecule has 0 spiro atoms. The first-order valence-electron chi connectivity index (χ1n) is 6.21. The molecule has 1 aromatic carbocycles. The summed E-state index contributed by atoms with van der Waals surface area (Å²) in [5, 5.41) is 3.59. The standard InChI is InChI=1S/C15H17Br2NS/c1-9-6-13(11(3)19-9)10(2)18-8-12-4-5-14(16)15(17)7-12/h4-7,10,18H,8H2,1-3H3. The molecule has 0 amide bonds. The zero-order valence-electron chi connectivity index (χ0n) is 11.3. The Labute approximate surface area is 135 Å². The smallest absolute Gasteiger partial charge is 0.0320 e. The van der Waals surface area contributed by atoms with E-state index >= 15 is 0 Å². The molecule has 19 heavy (non-hydrogen) atoms. The third-order valence-corrected chi connectivity index (χ3v) is 6.00. The number of thiophene rings is 1. The van der Waals surface area contributed by atoms with E-state index in [9.17, 15) is 0 Å². The van der Waals surface area contributed by atoms with Crippen LogP contribution in [0.25, 0.3) is 0 Å². The second kappa shape index (κ2) is 6.53. The highest BCUT2D eigenvalue weighted by atomic mass is 79.9. The maximum absolute atomic E-state index is 3.59. The fraction of sp³-hybridized carbons (Fsp3) is 0.333. The van der Waals surface area contributed by atoms with Crippen molar-refractivity contribution in [3.63, 3.8) is 0 Å². The van der Waals surface area contributed by atoms with E-state index < -0.39 is 0 Å². The molecule has 1 atom stereocenters. The second-order valence-electron chi connectivity index (χ2n) is 4.72. The van der Waals surface area contributed by atoms with Crippen LogP contribution in [0.2, 0.25) is 0 Å². The van der Waals surface area contributed by atoms with Crippen molar-refractivity contribution in [1.29, 1.82) is 0 Å². The molecule has 0 aliphatic heterocycles. The quantitative estimate of drug-likeness (QED) is 0.687. The number of benzene rings is 1. The van der Waals surface area contributed by atoms with E-state index in [2.05, 4.69) is 82.2 Å².